The maximum absolute atomic E-state index is 5.88. The Morgan fingerprint density at radius 1 is 1.38 bits per heavy atom. The molecule has 2 rings (SSSR count). The van der Waals surface area contributed by atoms with Crippen molar-refractivity contribution in [2.45, 2.75) is 0 Å². The van der Waals surface area contributed by atoms with Gasteiger partial charge in [-0.15, -0.1) is 0 Å². The third-order valence-corrected chi connectivity index (χ3v) is 2.44. The van der Waals surface area contributed by atoms with Crippen molar-refractivity contribution in [3.05, 3.63) is 24.5 Å². The first kappa shape index (κ1) is 10.5. The van der Waals surface area contributed by atoms with Gasteiger partial charge in [0.05, 0.1) is 17.6 Å². The lowest BCUT2D eigenvalue weighted by molar-refractivity contribution is 0.776. The molecule has 0 radical (unpaired) electrons. The molecule has 84 valence electrons. The first-order chi connectivity index (χ1) is 7.59. The van der Waals surface area contributed by atoms with Gasteiger partial charge in [-0.1, -0.05) is 0 Å². The molecule has 2 aromatic heterocycles. The van der Waals surface area contributed by atoms with Crippen molar-refractivity contribution in [2.24, 2.45) is 7.05 Å². The van der Waals surface area contributed by atoms with Gasteiger partial charge >= 0.3 is 0 Å². The highest BCUT2D eigenvalue weighted by Crippen LogP contribution is 2.26. The summed E-state index contributed by atoms with van der Waals surface area (Å²) in [6.07, 6.45) is 3.43. The number of rotatable bonds is 2. The molecule has 2 N–H and O–H groups in total. The zero-order valence-electron chi connectivity index (χ0n) is 9.68. The van der Waals surface area contributed by atoms with E-state index in [1.807, 2.05) is 38.2 Å². The Balaban J connectivity index is 2.52. The number of nitrogens with two attached hydrogens (primary N) is 1. The van der Waals surface area contributed by atoms with Gasteiger partial charge in [0.15, 0.2) is 0 Å². The molecule has 0 atom stereocenters. The van der Waals surface area contributed by atoms with Crippen molar-refractivity contribution in [1.29, 1.82) is 0 Å². The molecule has 0 saturated carbocycles. The summed E-state index contributed by atoms with van der Waals surface area (Å²) >= 11 is 0. The molecule has 0 unspecified atom stereocenters. The molecule has 2 heterocycles. The van der Waals surface area contributed by atoms with Gasteiger partial charge in [-0.05, 0) is 12.1 Å². The maximum atomic E-state index is 5.88. The lowest BCUT2D eigenvalue weighted by Crippen LogP contribution is -2.10. The molecule has 0 aliphatic rings. The number of nitrogen functional groups attached to an aromatic ring is 1. The van der Waals surface area contributed by atoms with Gasteiger partial charge in [-0.25, -0.2) is 4.98 Å². The van der Waals surface area contributed by atoms with Gasteiger partial charge < -0.3 is 10.6 Å². The Bertz CT molecular complexity index is 481. The normalized spacial score (nSPS) is 10.4. The summed E-state index contributed by atoms with van der Waals surface area (Å²) in [4.78, 5) is 6.22. The van der Waals surface area contributed by atoms with Gasteiger partial charge in [0.2, 0.25) is 0 Å². The number of hydrogen-bond donors (Lipinski definition) is 1. The summed E-state index contributed by atoms with van der Waals surface area (Å²) in [5, 5.41) is 4.12. The largest absolute Gasteiger partial charge is 0.396 e. The van der Waals surface area contributed by atoms with Crippen LogP contribution >= 0.6 is 0 Å². The van der Waals surface area contributed by atoms with Gasteiger partial charge in [0.25, 0.3) is 0 Å². The lowest BCUT2D eigenvalue weighted by atomic mass is 10.1. The van der Waals surface area contributed by atoms with Gasteiger partial charge in [-0.3, -0.25) is 4.68 Å². The Kier molecular flexibility index (Phi) is 2.52. The summed E-state index contributed by atoms with van der Waals surface area (Å²) < 4.78 is 1.77. The number of hydrogen-bond acceptors (Lipinski definition) is 4. The van der Waals surface area contributed by atoms with Crippen molar-refractivity contribution in [3.63, 3.8) is 0 Å². The summed E-state index contributed by atoms with van der Waals surface area (Å²) in [6.45, 7) is 0. The van der Waals surface area contributed by atoms with Crippen LogP contribution in [0.5, 0.6) is 0 Å². The van der Waals surface area contributed by atoms with Crippen molar-refractivity contribution in [1.82, 2.24) is 14.8 Å². The van der Waals surface area contributed by atoms with E-state index in [9.17, 15) is 0 Å². The summed E-state index contributed by atoms with van der Waals surface area (Å²) in [5.74, 6) is 0.901. The van der Waals surface area contributed by atoms with Crippen LogP contribution in [0.25, 0.3) is 11.3 Å². The van der Waals surface area contributed by atoms with Crippen LogP contribution in [0.3, 0.4) is 0 Å². The van der Waals surface area contributed by atoms with Crippen molar-refractivity contribution >= 4 is 11.5 Å². The molecule has 0 fully saturated rings. The minimum atomic E-state index is 0.679. The van der Waals surface area contributed by atoms with E-state index < -0.39 is 0 Å². The van der Waals surface area contributed by atoms with Crippen molar-refractivity contribution in [3.8, 4) is 11.3 Å². The molecule has 0 spiro atoms. The van der Waals surface area contributed by atoms with E-state index in [1.165, 1.54) is 0 Å². The fraction of sp³-hybridized carbons (Fsp3) is 0.273. The monoisotopic (exact) mass is 217 g/mol. The Morgan fingerprint density at radius 3 is 2.69 bits per heavy atom. The highest BCUT2D eigenvalue weighted by Gasteiger charge is 2.09. The van der Waals surface area contributed by atoms with Crippen molar-refractivity contribution < 1.29 is 0 Å². The molecule has 5 heteroatoms. The molecule has 0 aromatic carbocycles. The third-order valence-electron chi connectivity index (χ3n) is 2.44. The van der Waals surface area contributed by atoms with E-state index in [0.717, 1.165) is 17.1 Å². The second-order valence-corrected chi connectivity index (χ2v) is 3.87. The fourth-order valence-electron chi connectivity index (χ4n) is 1.62. The van der Waals surface area contributed by atoms with Gasteiger partial charge in [-0.2, -0.15) is 5.10 Å². The molecule has 0 amide bonds. The molecule has 0 aliphatic heterocycles. The SMILES string of the molecule is CN(C)c1cc(-c2c(N)cnn2C)ccn1. The van der Waals surface area contributed by atoms with Crippen LogP contribution in [0.15, 0.2) is 24.5 Å². The van der Waals surface area contributed by atoms with E-state index in [2.05, 4.69) is 10.1 Å². The molecule has 16 heavy (non-hydrogen) atoms. The minimum absolute atomic E-state index is 0.679. The van der Waals surface area contributed by atoms with Gasteiger partial charge in [0, 0.05) is 32.9 Å². The summed E-state index contributed by atoms with van der Waals surface area (Å²) in [7, 11) is 5.79. The van der Waals surface area contributed by atoms with Crippen molar-refractivity contribution in [2.75, 3.05) is 24.7 Å². The lowest BCUT2D eigenvalue weighted by Gasteiger charge is -2.12. The van der Waals surface area contributed by atoms with Crippen LogP contribution in [0, 0.1) is 0 Å². The number of anilines is 2. The minimum Gasteiger partial charge on any atom is -0.396 e. The molecule has 0 saturated heterocycles. The molecule has 5 nitrogen and oxygen atoms in total. The molecule has 2 aromatic rings. The second-order valence-electron chi connectivity index (χ2n) is 3.87. The first-order valence-electron chi connectivity index (χ1n) is 5.01. The number of nitrogens with zero attached hydrogens (tertiary/aromatic N) is 4. The topological polar surface area (TPSA) is 60.0 Å². The standard InChI is InChI=1S/C11H15N5/c1-15(2)10-6-8(4-5-13-10)11-9(12)7-14-16(11)3/h4-7H,12H2,1-3H3. The van der Waals surface area contributed by atoms with Crippen LogP contribution in [0.2, 0.25) is 0 Å². The predicted octanol–water partition coefficient (Wildman–Crippen LogP) is 1.13. The predicted molar refractivity (Wildman–Crippen MR) is 65.2 cm³/mol. The highest BCUT2D eigenvalue weighted by molar-refractivity contribution is 5.74. The van der Waals surface area contributed by atoms with Gasteiger partial charge in [0.1, 0.15) is 5.82 Å². The molecule has 0 bridgehead atoms. The van der Waals surface area contributed by atoms with E-state index >= 15 is 0 Å². The van der Waals surface area contributed by atoms with Crippen LogP contribution in [-0.2, 0) is 7.05 Å². The second kappa shape index (κ2) is 3.84. The van der Waals surface area contributed by atoms with Crippen LogP contribution in [-0.4, -0.2) is 28.9 Å². The highest BCUT2D eigenvalue weighted by atomic mass is 15.3. The molecular formula is C11H15N5. The first-order valence-corrected chi connectivity index (χ1v) is 5.01. The van der Waals surface area contributed by atoms with E-state index in [0.29, 0.717) is 5.69 Å². The van der Waals surface area contributed by atoms with E-state index in [1.54, 1.807) is 17.1 Å². The smallest absolute Gasteiger partial charge is 0.128 e. The van der Waals surface area contributed by atoms with E-state index in [4.69, 9.17) is 5.73 Å². The number of aryl methyl sites for hydroxylation is 1. The maximum Gasteiger partial charge on any atom is 0.128 e. The summed E-state index contributed by atoms with van der Waals surface area (Å²) in [6, 6.07) is 3.92. The van der Waals surface area contributed by atoms with Crippen LogP contribution in [0.1, 0.15) is 0 Å². The fourth-order valence-corrected chi connectivity index (χ4v) is 1.62. The summed E-state index contributed by atoms with van der Waals surface area (Å²) in [5.41, 5.74) is 8.51. The third kappa shape index (κ3) is 1.71. The average Bonchev–Trinajstić information content (AvgIpc) is 2.59. The van der Waals surface area contributed by atoms with Crippen LogP contribution in [0.4, 0.5) is 11.5 Å². The zero-order valence-corrected chi connectivity index (χ0v) is 9.68. The van der Waals surface area contributed by atoms with Crippen LogP contribution < -0.4 is 10.6 Å². The molecular weight excluding hydrogens is 202 g/mol. The number of aromatic nitrogens is 3. The Hall–Kier alpha value is -2.04. The Morgan fingerprint density at radius 2 is 2.12 bits per heavy atom. The Labute approximate surface area is 94.5 Å². The average molecular weight is 217 g/mol. The molecule has 0 aliphatic carbocycles. The quantitative estimate of drug-likeness (QED) is 0.819. The number of pyridine rings is 1. The van der Waals surface area contributed by atoms with E-state index in [-0.39, 0.29) is 0 Å². The zero-order chi connectivity index (χ0) is 11.7.